The Bertz CT molecular complexity index is 975. The van der Waals surface area contributed by atoms with E-state index in [0.29, 0.717) is 18.8 Å². The van der Waals surface area contributed by atoms with Gasteiger partial charge in [-0.1, -0.05) is 0 Å². The monoisotopic (exact) mass is 394 g/mol. The topological polar surface area (TPSA) is 84.9 Å². The van der Waals surface area contributed by atoms with Crippen molar-refractivity contribution < 1.29 is 23.2 Å². The Morgan fingerprint density at radius 2 is 1.97 bits per heavy atom. The van der Waals surface area contributed by atoms with E-state index in [-0.39, 0.29) is 29.4 Å². The second kappa shape index (κ2) is 8.26. The molecule has 0 spiro atoms. The van der Waals surface area contributed by atoms with Crippen molar-refractivity contribution in [3.8, 4) is 17.3 Å². The van der Waals surface area contributed by atoms with Gasteiger partial charge in [-0.05, 0) is 55.3 Å². The molecule has 1 fully saturated rings. The van der Waals surface area contributed by atoms with E-state index in [4.69, 9.17) is 13.6 Å². The number of nitrogens with one attached hydrogen (secondary N) is 1. The molecule has 0 aliphatic carbocycles. The number of carbonyl (C=O) groups is 2. The minimum absolute atomic E-state index is 0.0923. The summed E-state index contributed by atoms with van der Waals surface area (Å²) in [6, 6.07) is 14.4. The van der Waals surface area contributed by atoms with Crippen molar-refractivity contribution in [1.29, 1.82) is 0 Å². The third-order valence-corrected chi connectivity index (χ3v) is 5.03. The number of likely N-dealkylation sites (tertiary alicyclic amines) is 1. The fourth-order valence-electron chi connectivity index (χ4n) is 3.48. The Labute approximate surface area is 168 Å². The number of nitrogens with zero attached hydrogens (tertiary/aromatic N) is 1. The number of carbonyl (C=O) groups excluding carboxylic acids is 2. The Morgan fingerprint density at radius 1 is 1.14 bits per heavy atom. The highest BCUT2D eigenvalue weighted by Gasteiger charge is 2.30. The molecular weight excluding hydrogens is 372 g/mol. The van der Waals surface area contributed by atoms with Crippen molar-refractivity contribution >= 4 is 17.5 Å². The first-order valence-corrected chi connectivity index (χ1v) is 9.52. The van der Waals surface area contributed by atoms with E-state index in [1.54, 1.807) is 23.3 Å². The normalized spacial score (nSPS) is 16.4. The van der Waals surface area contributed by atoms with Crippen molar-refractivity contribution in [2.75, 3.05) is 25.5 Å². The molecule has 2 aromatic heterocycles. The van der Waals surface area contributed by atoms with Crippen LogP contribution in [0.25, 0.3) is 11.3 Å². The molecule has 0 saturated carbocycles. The molecule has 3 heterocycles. The maximum atomic E-state index is 12.7. The second-order valence-electron chi connectivity index (χ2n) is 6.96. The lowest BCUT2D eigenvalue weighted by Crippen LogP contribution is -2.43. The lowest BCUT2D eigenvalue weighted by Gasteiger charge is -2.31. The molecule has 7 nitrogen and oxygen atoms in total. The van der Waals surface area contributed by atoms with Crippen LogP contribution in [0.4, 0.5) is 5.69 Å². The molecule has 7 heteroatoms. The summed E-state index contributed by atoms with van der Waals surface area (Å²) in [6.07, 6.45) is 3.13. The molecule has 1 aromatic carbocycles. The number of ether oxygens (including phenoxy) is 1. The largest absolute Gasteiger partial charge is 0.468 e. The van der Waals surface area contributed by atoms with E-state index in [0.717, 1.165) is 24.2 Å². The zero-order chi connectivity index (χ0) is 20.2. The van der Waals surface area contributed by atoms with Crippen LogP contribution in [-0.2, 0) is 4.79 Å². The van der Waals surface area contributed by atoms with Gasteiger partial charge in [0.2, 0.25) is 5.91 Å². The van der Waals surface area contributed by atoms with Gasteiger partial charge >= 0.3 is 0 Å². The smallest absolute Gasteiger partial charge is 0.289 e. The van der Waals surface area contributed by atoms with Crippen molar-refractivity contribution in [2.24, 2.45) is 5.92 Å². The third-order valence-electron chi connectivity index (χ3n) is 5.03. The number of furan rings is 2. The molecule has 1 atom stereocenters. The van der Waals surface area contributed by atoms with E-state index >= 15 is 0 Å². The lowest BCUT2D eigenvalue weighted by atomic mass is 9.96. The fourth-order valence-corrected chi connectivity index (χ4v) is 3.48. The van der Waals surface area contributed by atoms with Crippen molar-refractivity contribution in [3.63, 3.8) is 0 Å². The van der Waals surface area contributed by atoms with Crippen LogP contribution in [0, 0.1) is 5.92 Å². The highest BCUT2D eigenvalue weighted by molar-refractivity contribution is 5.95. The predicted octanol–water partition coefficient (Wildman–Crippen LogP) is 4.04. The van der Waals surface area contributed by atoms with E-state index in [9.17, 15) is 9.59 Å². The van der Waals surface area contributed by atoms with Crippen LogP contribution in [0.5, 0.6) is 5.95 Å². The summed E-state index contributed by atoms with van der Waals surface area (Å²) in [5.74, 6) is 0.695. The van der Waals surface area contributed by atoms with E-state index in [1.165, 1.54) is 7.11 Å². The Hall–Kier alpha value is -3.48. The van der Waals surface area contributed by atoms with Crippen molar-refractivity contribution in [2.45, 2.75) is 12.8 Å². The molecular formula is C22H22N2O5. The van der Waals surface area contributed by atoms with Crippen LogP contribution in [-0.4, -0.2) is 36.9 Å². The lowest BCUT2D eigenvalue weighted by molar-refractivity contribution is -0.121. The minimum atomic E-state index is -0.269. The SMILES string of the molecule is COc1ccc(C(=O)N2CCC[C@@H](C(=O)Nc3ccc(-c4ccco4)cc3)C2)o1. The van der Waals surface area contributed by atoms with Gasteiger partial charge in [-0.3, -0.25) is 9.59 Å². The molecule has 1 aliphatic heterocycles. The summed E-state index contributed by atoms with van der Waals surface area (Å²) in [7, 11) is 1.48. The summed E-state index contributed by atoms with van der Waals surface area (Å²) in [5, 5.41) is 2.95. The number of amides is 2. The molecule has 1 N–H and O–H groups in total. The predicted molar refractivity (Wildman–Crippen MR) is 107 cm³/mol. The highest BCUT2D eigenvalue weighted by atomic mass is 16.6. The number of methoxy groups -OCH3 is 1. The average molecular weight is 394 g/mol. The van der Waals surface area contributed by atoms with Gasteiger partial charge in [0.1, 0.15) is 5.76 Å². The Morgan fingerprint density at radius 3 is 2.66 bits per heavy atom. The number of hydrogen-bond acceptors (Lipinski definition) is 5. The molecule has 150 valence electrons. The molecule has 2 amide bonds. The maximum absolute atomic E-state index is 12.7. The number of piperidine rings is 1. The summed E-state index contributed by atoms with van der Waals surface area (Å²) >= 11 is 0. The molecule has 3 aromatic rings. The van der Waals surface area contributed by atoms with E-state index in [2.05, 4.69) is 5.32 Å². The minimum Gasteiger partial charge on any atom is -0.468 e. The van der Waals surface area contributed by atoms with Gasteiger partial charge in [0, 0.05) is 30.4 Å². The van der Waals surface area contributed by atoms with Gasteiger partial charge < -0.3 is 23.8 Å². The standard InChI is InChI=1S/C22H22N2O5/c1-27-20-11-10-19(29-20)22(26)24-12-2-4-16(14-24)21(25)23-17-8-6-15(7-9-17)18-5-3-13-28-18/h3,5-11,13,16H,2,4,12,14H2,1H3,(H,23,25)/t16-/m1/s1. The number of benzene rings is 1. The second-order valence-corrected chi connectivity index (χ2v) is 6.96. The summed E-state index contributed by atoms with van der Waals surface area (Å²) in [4.78, 5) is 27.0. The van der Waals surface area contributed by atoms with Gasteiger partial charge in [-0.25, -0.2) is 0 Å². The molecule has 29 heavy (non-hydrogen) atoms. The first-order valence-electron chi connectivity index (χ1n) is 9.52. The highest BCUT2D eigenvalue weighted by Crippen LogP contribution is 2.24. The fraction of sp³-hybridized carbons (Fsp3) is 0.273. The van der Waals surface area contributed by atoms with E-state index < -0.39 is 0 Å². The number of hydrogen-bond donors (Lipinski definition) is 1. The first-order chi connectivity index (χ1) is 14.1. The molecule has 4 rings (SSSR count). The van der Waals surface area contributed by atoms with Gasteiger partial charge in [-0.2, -0.15) is 0 Å². The molecule has 0 unspecified atom stereocenters. The zero-order valence-electron chi connectivity index (χ0n) is 16.1. The average Bonchev–Trinajstić information content (AvgIpc) is 3.46. The zero-order valence-corrected chi connectivity index (χ0v) is 16.1. The van der Waals surface area contributed by atoms with Crippen molar-refractivity contribution in [1.82, 2.24) is 4.90 Å². The summed E-state index contributed by atoms with van der Waals surface area (Å²) in [5.41, 5.74) is 1.65. The van der Waals surface area contributed by atoms with Crippen LogP contribution in [0.2, 0.25) is 0 Å². The van der Waals surface area contributed by atoms with Gasteiger partial charge in [0.25, 0.3) is 11.9 Å². The van der Waals surface area contributed by atoms with Crippen LogP contribution in [0.3, 0.4) is 0 Å². The first kappa shape index (κ1) is 18.9. The van der Waals surface area contributed by atoms with Crippen LogP contribution in [0.1, 0.15) is 23.4 Å². The van der Waals surface area contributed by atoms with Crippen LogP contribution < -0.4 is 10.1 Å². The number of rotatable bonds is 5. The number of anilines is 1. The van der Waals surface area contributed by atoms with Crippen LogP contribution >= 0.6 is 0 Å². The molecule has 1 aliphatic rings. The summed E-state index contributed by atoms with van der Waals surface area (Å²) < 4.78 is 15.7. The van der Waals surface area contributed by atoms with E-state index in [1.807, 2.05) is 36.4 Å². The van der Waals surface area contributed by atoms with Gasteiger partial charge in [0.15, 0.2) is 5.76 Å². The van der Waals surface area contributed by atoms with Gasteiger partial charge in [-0.15, -0.1) is 0 Å². The van der Waals surface area contributed by atoms with Gasteiger partial charge in [0.05, 0.1) is 19.3 Å². The summed E-state index contributed by atoms with van der Waals surface area (Å²) in [6.45, 7) is 0.960. The third kappa shape index (κ3) is 4.18. The maximum Gasteiger partial charge on any atom is 0.289 e. The Kier molecular flexibility index (Phi) is 5.37. The molecule has 1 saturated heterocycles. The molecule has 0 radical (unpaired) electrons. The van der Waals surface area contributed by atoms with Crippen LogP contribution in [0.15, 0.2) is 63.6 Å². The van der Waals surface area contributed by atoms with Crippen molar-refractivity contribution in [3.05, 3.63) is 60.6 Å². The quantitative estimate of drug-likeness (QED) is 0.706. The Balaban J connectivity index is 1.37. The molecule has 0 bridgehead atoms.